The van der Waals surface area contributed by atoms with Gasteiger partial charge in [-0.2, -0.15) is 13.2 Å². The van der Waals surface area contributed by atoms with Crippen LogP contribution in [0.4, 0.5) is 13.2 Å². The Morgan fingerprint density at radius 1 is 1.28 bits per heavy atom. The van der Waals surface area contributed by atoms with E-state index in [-0.39, 0.29) is 12.0 Å². The lowest BCUT2D eigenvalue weighted by Gasteiger charge is -2.23. The lowest BCUT2D eigenvalue weighted by Crippen LogP contribution is -2.35. The molecule has 0 aliphatic carbocycles. The van der Waals surface area contributed by atoms with Crippen LogP contribution in [-0.2, 0) is 6.18 Å². The number of hydrogen-bond donors (Lipinski definition) is 1. The number of nitrogens with zero attached hydrogens (tertiary/aromatic N) is 1. The van der Waals surface area contributed by atoms with Crippen molar-refractivity contribution >= 4 is 0 Å². The molecule has 1 heterocycles. The second-order valence-electron chi connectivity index (χ2n) is 4.80. The predicted molar refractivity (Wildman–Crippen MR) is 64.3 cm³/mol. The van der Waals surface area contributed by atoms with Gasteiger partial charge in [-0.25, -0.2) is 0 Å². The molecule has 5 heteroatoms. The van der Waals surface area contributed by atoms with Crippen LogP contribution in [0.1, 0.15) is 23.5 Å². The van der Waals surface area contributed by atoms with E-state index < -0.39 is 11.7 Å². The molecule has 2 nitrogen and oxygen atoms in total. The minimum atomic E-state index is -4.27. The second kappa shape index (κ2) is 4.90. The summed E-state index contributed by atoms with van der Waals surface area (Å²) in [5.74, 6) is 0.238. The Morgan fingerprint density at radius 2 is 1.89 bits per heavy atom. The molecule has 2 atom stereocenters. The second-order valence-corrected chi connectivity index (χ2v) is 4.80. The molecular formula is C13H17F3N2. The van der Waals surface area contributed by atoms with Crippen molar-refractivity contribution in [3.8, 4) is 0 Å². The summed E-state index contributed by atoms with van der Waals surface area (Å²) in [7, 11) is 2.00. The maximum Gasteiger partial charge on any atom is 0.416 e. The van der Waals surface area contributed by atoms with Crippen LogP contribution in [0, 0.1) is 0 Å². The van der Waals surface area contributed by atoms with Crippen molar-refractivity contribution in [2.45, 2.75) is 24.6 Å². The fourth-order valence-electron chi connectivity index (χ4n) is 2.66. The van der Waals surface area contributed by atoms with E-state index in [1.165, 1.54) is 0 Å². The Bertz CT molecular complexity index is 400. The highest BCUT2D eigenvalue weighted by molar-refractivity contribution is 5.29. The summed E-state index contributed by atoms with van der Waals surface area (Å²) in [5.41, 5.74) is 6.08. The summed E-state index contributed by atoms with van der Waals surface area (Å²) in [4.78, 5) is 2.17. The van der Waals surface area contributed by atoms with Crippen molar-refractivity contribution < 1.29 is 13.2 Å². The Kier molecular flexibility index (Phi) is 3.64. The molecule has 18 heavy (non-hydrogen) atoms. The van der Waals surface area contributed by atoms with Crippen LogP contribution in [0.2, 0.25) is 0 Å². The SMILES string of the molecule is CN1CCC(c2ccc(C(F)(F)F)cc2)C1CN. The van der Waals surface area contributed by atoms with E-state index in [2.05, 4.69) is 4.90 Å². The number of likely N-dealkylation sites (N-methyl/N-ethyl adjacent to an activating group) is 1. The molecule has 0 amide bonds. The first-order valence-electron chi connectivity index (χ1n) is 6.01. The average Bonchev–Trinajstić information content (AvgIpc) is 2.69. The van der Waals surface area contributed by atoms with Gasteiger partial charge in [0.25, 0.3) is 0 Å². The number of hydrogen-bond acceptors (Lipinski definition) is 2. The Morgan fingerprint density at radius 3 is 2.39 bits per heavy atom. The normalized spacial score (nSPS) is 25.6. The van der Waals surface area contributed by atoms with Crippen LogP contribution < -0.4 is 5.73 Å². The molecule has 2 unspecified atom stereocenters. The molecule has 0 bridgehead atoms. The molecule has 1 aliphatic heterocycles. The molecule has 2 rings (SSSR count). The summed E-state index contributed by atoms with van der Waals surface area (Å²) >= 11 is 0. The van der Waals surface area contributed by atoms with Gasteiger partial charge in [0.2, 0.25) is 0 Å². The van der Waals surface area contributed by atoms with Crippen molar-refractivity contribution in [1.29, 1.82) is 0 Å². The van der Waals surface area contributed by atoms with Gasteiger partial charge in [-0.15, -0.1) is 0 Å². The maximum absolute atomic E-state index is 12.5. The molecule has 0 spiro atoms. The molecule has 0 aromatic heterocycles. The smallest absolute Gasteiger partial charge is 0.329 e. The van der Waals surface area contributed by atoms with E-state index in [9.17, 15) is 13.2 Å². The molecule has 0 saturated carbocycles. The molecule has 100 valence electrons. The molecule has 0 radical (unpaired) electrons. The van der Waals surface area contributed by atoms with Gasteiger partial charge in [0, 0.05) is 18.5 Å². The lowest BCUT2D eigenvalue weighted by atomic mass is 9.91. The van der Waals surface area contributed by atoms with Gasteiger partial charge in [0.15, 0.2) is 0 Å². The van der Waals surface area contributed by atoms with E-state index >= 15 is 0 Å². The number of rotatable bonds is 2. The van der Waals surface area contributed by atoms with E-state index in [1.807, 2.05) is 7.05 Å². The molecule has 1 aromatic rings. The van der Waals surface area contributed by atoms with Crippen molar-refractivity contribution in [3.63, 3.8) is 0 Å². The first-order valence-corrected chi connectivity index (χ1v) is 6.01. The van der Waals surface area contributed by atoms with Crippen molar-refractivity contribution in [2.24, 2.45) is 5.73 Å². The molecule has 1 aliphatic rings. The fourth-order valence-corrected chi connectivity index (χ4v) is 2.66. The predicted octanol–water partition coefficient (Wildman–Crippen LogP) is 2.45. The van der Waals surface area contributed by atoms with Crippen LogP contribution in [0.5, 0.6) is 0 Å². The first kappa shape index (κ1) is 13.4. The van der Waals surface area contributed by atoms with Crippen molar-refractivity contribution in [2.75, 3.05) is 20.1 Å². The van der Waals surface area contributed by atoms with E-state index in [0.29, 0.717) is 6.54 Å². The van der Waals surface area contributed by atoms with Gasteiger partial charge in [0.05, 0.1) is 5.56 Å². The van der Waals surface area contributed by atoms with Crippen LogP contribution in [0.25, 0.3) is 0 Å². The summed E-state index contributed by atoms with van der Waals surface area (Å²) in [6.45, 7) is 1.47. The Labute approximate surface area is 105 Å². The molecular weight excluding hydrogens is 241 g/mol. The largest absolute Gasteiger partial charge is 0.416 e. The van der Waals surface area contributed by atoms with Gasteiger partial charge >= 0.3 is 6.18 Å². The summed E-state index contributed by atoms with van der Waals surface area (Å²) in [5, 5.41) is 0. The lowest BCUT2D eigenvalue weighted by molar-refractivity contribution is -0.137. The van der Waals surface area contributed by atoms with E-state index in [1.54, 1.807) is 12.1 Å². The van der Waals surface area contributed by atoms with Crippen LogP contribution >= 0.6 is 0 Å². The number of nitrogens with two attached hydrogens (primary N) is 1. The molecule has 2 N–H and O–H groups in total. The average molecular weight is 258 g/mol. The van der Waals surface area contributed by atoms with Gasteiger partial charge in [0.1, 0.15) is 0 Å². The quantitative estimate of drug-likeness (QED) is 0.883. The van der Waals surface area contributed by atoms with Crippen LogP contribution in [0.3, 0.4) is 0 Å². The van der Waals surface area contributed by atoms with Gasteiger partial charge in [-0.3, -0.25) is 0 Å². The monoisotopic (exact) mass is 258 g/mol. The number of alkyl halides is 3. The summed E-state index contributed by atoms with van der Waals surface area (Å²) in [6.07, 6.45) is -3.32. The van der Waals surface area contributed by atoms with Crippen LogP contribution in [-0.4, -0.2) is 31.1 Å². The first-order chi connectivity index (χ1) is 8.43. The van der Waals surface area contributed by atoms with E-state index in [4.69, 9.17) is 5.73 Å². The Hall–Kier alpha value is -1.07. The number of likely N-dealkylation sites (tertiary alicyclic amines) is 1. The van der Waals surface area contributed by atoms with Crippen LogP contribution in [0.15, 0.2) is 24.3 Å². The highest BCUT2D eigenvalue weighted by Gasteiger charge is 2.33. The maximum atomic E-state index is 12.5. The van der Waals surface area contributed by atoms with Crippen molar-refractivity contribution in [3.05, 3.63) is 35.4 Å². The third-order valence-corrected chi connectivity index (χ3v) is 3.73. The summed E-state index contributed by atoms with van der Waals surface area (Å²) < 4.78 is 37.4. The zero-order chi connectivity index (χ0) is 13.3. The minimum Gasteiger partial charge on any atom is -0.329 e. The zero-order valence-electron chi connectivity index (χ0n) is 10.2. The highest BCUT2D eigenvalue weighted by Crippen LogP contribution is 2.34. The van der Waals surface area contributed by atoms with Crippen molar-refractivity contribution in [1.82, 2.24) is 4.90 Å². The van der Waals surface area contributed by atoms with Gasteiger partial charge < -0.3 is 10.6 Å². The van der Waals surface area contributed by atoms with Gasteiger partial charge in [-0.1, -0.05) is 12.1 Å². The van der Waals surface area contributed by atoms with Gasteiger partial charge in [-0.05, 0) is 37.7 Å². The van der Waals surface area contributed by atoms with E-state index in [0.717, 1.165) is 30.7 Å². The zero-order valence-corrected chi connectivity index (χ0v) is 10.2. The topological polar surface area (TPSA) is 29.3 Å². The summed E-state index contributed by atoms with van der Waals surface area (Å²) in [6, 6.07) is 5.69. The molecule has 1 fully saturated rings. The standard InChI is InChI=1S/C13H17F3N2/c1-18-7-6-11(12(18)8-17)9-2-4-10(5-3-9)13(14,15)16/h2-5,11-12H,6-8,17H2,1H3. The third-order valence-electron chi connectivity index (χ3n) is 3.73. The highest BCUT2D eigenvalue weighted by atomic mass is 19.4. The number of halogens is 3. The Balaban J connectivity index is 2.20. The minimum absolute atomic E-state index is 0.224. The molecule has 1 saturated heterocycles. The third kappa shape index (κ3) is 2.52. The molecule has 1 aromatic carbocycles. The fraction of sp³-hybridized carbons (Fsp3) is 0.538. The number of benzene rings is 1.